The molecule has 11 rings (SSSR count). The number of carbonyl (C=O) groups excluding carboxylic acids is 1. The second-order valence-electron chi connectivity index (χ2n) is 16.7. The van der Waals surface area contributed by atoms with E-state index >= 15 is 0 Å². The summed E-state index contributed by atoms with van der Waals surface area (Å²) in [4.78, 5) is 29.4. The minimum atomic E-state index is -0.614. The van der Waals surface area contributed by atoms with Crippen LogP contribution in [0.4, 0.5) is 0 Å². The lowest BCUT2D eigenvalue weighted by Gasteiger charge is -2.47. The number of benzene rings is 5. The van der Waals surface area contributed by atoms with Gasteiger partial charge in [0.1, 0.15) is 5.75 Å². The van der Waals surface area contributed by atoms with Gasteiger partial charge in [-0.05, 0) is 101 Å². The molecule has 0 bridgehead atoms. The van der Waals surface area contributed by atoms with Crippen LogP contribution in [-0.4, -0.2) is 20.9 Å². The third-order valence-electron chi connectivity index (χ3n) is 13.7. The summed E-state index contributed by atoms with van der Waals surface area (Å²) in [5, 5.41) is 0. The topological polar surface area (TPSA) is 65.0 Å². The molecule has 3 aliphatic carbocycles. The third-order valence-corrected chi connectivity index (χ3v) is 13.7. The predicted octanol–water partition coefficient (Wildman–Crippen LogP) is 11.9. The Bertz CT molecular complexity index is 2770. The maximum atomic E-state index is 14.0. The number of carbonyl (C=O) groups is 1. The van der Waals surface area contributed by atoms with Gasteiger partial charge in [-0.25, -0.2) is 0 Å². The highest BCUT2D eigenvalue weighted by Gasteiger charge is 2.58. The molecule has 0 fully saturated rings. The molecule has 8 aromatic rings. The number of rotatable bonds is 11. The molecule has 0 N–H and O–H groups in total. The van der Waals surface area contributed by atoms with Crippen LogP contribution in [-0.2, 0) is 27.5 Å². The Kier molecular flexibility index (Phi) is 8.66. The number of aryl methyl sites for hydroxylation is 1. The van der Waals surface area contributed by atoms with Crippen molar-refractivity contribution in [3.05, 3.63) is 227 Å². The van der Waals surface area contributed by atoms with Crippen molar-refractivity contribution in [3.8, 4) is 39.5 Å². The maximum Gasteiger partial charge on any atom is 0.311 e. The predicted molar refractivity (Wildman–Crippen MR) is 237 cm³/mol. The highest BCUT2D eigenvalue weighted by molar-refractivity contribution is 5.84. The number of hydrogen-bond donors (Lipinski definition) is 0. The lowest BCUT2D eigenvalue weighted by molar-refractivity contribution is -0.134. The summed E-state index contributed by atoms with van der Waals surface area (Å²) in [6.07, 6.45) is 9.77. The fourth-order valence-corrected chi connectivity index (χ4v) is 11.3. The van der Waals surface area contributed by atoms with Gasteiger partial charge in [0.2, 0.25) is 0 Å². The highest BCUT2D eigenvalue weighted by Crippen LogP contribution is 2.65. The van der Waals surface area contributed by atoms with E-state index in [9.17, 15) is 4.79 Å². The van der Waals surface area contributed by atoms with Crippen molar-refractivity contribution in [3.63, 3.8) is 0 Å². The van der Waals surface area contributed by atoms with Gasteiger partial charge in [-0.1, -0.05) is 140 Å². The Balaban J connectivity index is 1.16. The SMILES string of the molecule is O=C(CCC1(CC2(CC3(CCc4ccccc4)c4ccccc4-c4ncccc43)c3ccccc3-c3ncccc32)c2ccccc2-c2ncccc21)Oc1ccccc1. The van der Waals surface area contributed by atoms with E-state index in [-0.39, 0.29) is 12.4 Å². The Labute approximate surface area is 350 Å². The van der Waals surface area contributed by atoms with Gasteiger partial charge in [0, 0.05) is 57.9 Å². The molecule has 0 spiro atoms. The number of para-hydroxylation sites is 1. The van der Waals surface area contributed by atoms with Crippen LogP contribution in [0.2, 0.25) is 0 Å². The first-order chi connectivity index (χ1) is 29.6. The van der Waals surface area contributed by atoms with E-state index in [1.807, 2.05) is 48.9 Å². The van der Waals surface area contributed by atoms with Crippen LogP contribution in [0.1, 0.15) is 71.0 Å². The summed E-state index contributed by atoms with van der Waals surface area (Å²) >= 11 is 0. The Morgan fingerprint density at radius 1 is 0.417 bits per heavy atom. The molecule has 0 saturated heterocycles. The molecule has 5 aromatic carbocycles. The fraction of sp³-hybridized carbons (Fsp3) is 0.164. The van der Waals surface area contributed by atoms with E-state index in [1.165, 1.54) is 44.5 Å². The highest BCUT2D eigenvalue weighted by atomic mass is 16.5. The van der Waals surface area contributed by atoms with Crippen LogP contribution in [0.5, 0.6) is 5.75 Å². The average Bonchev–Trinajstić information content (AvgIpc) is 3.86. The minimum Gasteiger partial charge on any atom is -0.427 e. The molecule has 0 saturated carbocycles. The standard InChI is InChI=1S/C55H43N3O2/c59-49(60-39-18-5-2-6-19-39)30-32-54(44-24-11-8-21-41(44)51-47(54)27-14-34-57-51)37-55(45-25-12-9-22-42(45)52-48(55)28-15-35-58-52)36-53(31-29-38-16-3-1-4-17-38)43-23-10-7-20-40(43)50-46(53)26-13-33-56-50/h1-28,33-35H,29-32,36-37H2. The largest absolute Gasteiger partial charge is 0.427 e. The third kappa shape index (κ3) is 5.60. The van der Waals surface area contributed by atoms with E-state index < -0.39 is 16.2 Å². The van der Waals surface area contributed by atoms with Crippen LogP contribution in [0.3, 0.4) is 0 Å². The van der Waals surface area contributed by atoms with Crippen molar-refractivity contribution in [2.75, 3.05) is 0 Å². The summed E-state index contributed by atoms with van der Waals surface area (Å²) < 4.78 is 6.01. The maximum absolute atomic E-state index is 14.0. The summed E-state index contributed by atoms with van der Waals surface area (Å²) in [6, 6.07) is 60.1. The number of nitrogens with zero attached hydrogens (tertiary/aromatic N) is 3. The Morgan fingerprint density at radius 2 is 0.817 bits per heavy atom. The number of aromatic nitrogens is 3. The van der Waals surface area contributed by atoms with E-state index in [1.54, 1.807) is 0 Å². The van der Waals surface area contributed by atoms with Gasteiger partial charge in [0.25, 0.3) is 0 Å². The quantitative estimate of drug-likeness (QED) is 0.0966. The molecule has 3 heterocycles. The lowest BCUT2D eigenvalue weighted by Crippen LogP contribution is -2.43. The number of hydrogen-bond acceptors (Lipinski definition) is 5. The number of pyridine rings is 3. The molecule has 0 amide bonds. The molecule has 0 aliphatic heterocycles. The molecular formula is C55H43N3O2. The first-order valence-corrected chi connectivity index (χ1v) is 21.1. The zero-order valence-electron chi connectivity index (χ0n) is 33.3. The van der Waals surface area contributed by atoms with Crippen LogP contribution in [0, 0.1) is 0 Å². The molecule has 60 heavy (non-hydrogen) atoms. The van der Waals surface area contributed by atoms with E-state index in [2.05, 4.69) is 140 Å². The van der Waals surface area contributed by atoms with Crippen molar-refractivity contribution >= 4 is 5.97 Å². The first-order valence-electron chi connectivity index (χ1n) is 21.1. The summed E-state index contributed by atoms with van der Waals surface area (Å²) in [5.41, 5.74) is 13.7. The van der Waals surface area contributed by atoms with Crippen molar-refractivity contribution in [2.45, 2.75) is 54.8 Å². The van der Waals surface area contributed by atoms with Crippen molar-refractivity contribution in [1.29, 1.82) is 0 Å². The normalized spacial score (nSPS) is 20.0. The number of esters is 1. The van der Waals surface area contributed by atoms with E-state index in [4.69, 9.17) is 19.7 Å². The number of fused-ring (bicyclic) bond motifs is 9. The van der Waals surface area contributed by atoms with Gasteiger partial charge in [-0.15, -0.1) is 0 Å². The van der Waals surface area contributed by atoms with Gasteiger partial charge in [0.15, 0.2) is 0 Å². The fourth-order valence-electron chi connectivity index (χ4n) is 11.3. The zero-order chi connectivity index (χ0) is 40.2. The van der Waals surface area contributed by atoms with Gasteiger partial charge in [0.05, 0.1) is 17.1 Å². The molecule has 3 aliphatic rings. The Morgan fingerprint density at radius 3 is 1.33 bits per heavy atom. The summed E-state index contributed by atoms with van der Waals surface area (Å²) in [6.45, 7) is 0. The number of ether oxygens (including phenoxy) is 1. The second kappa shape index (κ2) is 14.4. The van der Waals surface area contributed by atoms with Gasteiger partial charge >= 0.3 is 5.97 Å². The molecule has 0 radical (unpaired) electrons. The van der Waals surface area contributed by atoms with E-state index in [0.29, 0.717) is 18.6 Å². The molecule has 3 aromatic heterocycles. The molecule has 5 heteroatoms. The lowest BCUT2D eigenvalue weighted by atomic mass is 9.55. The summed E-state index contributed by atoms with van der Waals surface area (Å²) in [7, 11) is 0. The molecule has 5 nitrogen and oxygen atoms in total. The monoisotopic (exact) mass is 777 g/mol. The zero-order valence-corrected chi connectivity index (χ0v) is 33.3. The smallest absolute Gasteiger partial charge is 0.311 e. The van der Waals surface area contributed by atoms with Crippen LogP contribution >= 0.6 is 0 Å². The van der Waals surface area contributed by atoms with Crippen LogP contribution in [0.25, 0.3) is 33.8 Å². The van der Waals surface area contributed by atoms with Crippen molar-refractivity contribution in [1.82, 2.24) is 15.0 Å². The van der Waals surface area contributed by atoms with Gasteiger partial charge < -0.3 is 4.74 Å². The van der Waals surface area contributed by atoms with E-state index in [0.717, 1.165) is 47.5 Å². The van der Waals surface area contributed by atoms with Crippen LogP contribution in [0.15, 0.2) is 188 Å². The van der Waals surface area contributed by atoms with Gasteiger partial charge in [-0.3, -0.25) is 19.7 Å². The minimum absolute atomic E-state index is 0.226. The van der Waals surface area contributed by atoms with Crippen LogP contribution < -0.4 is 4.74 Å². The van der Waals surface area contributed by atoms with Gasteiger partial charge in [-0.2, -0.15) is 0 Å². The first kappa shape index (κ1) is 36.1. The summed E-state index contributed by atoms with van der Waals surface area (Å²) in [5.74, 6) is 0.307. The average molecular weight is 778 g/mol. The van der Waals surface area contributed by atoms with Crippen molar-refractivity contribution in [2.24, 2.45) is 0 Å². The molecule has 3 atom stereocenters. The molecular weight excluding hydrogens is 735 g/mol. The Hall–Kier alpha value is -6.98. The molecule has 3 unspecified atom stereocenters. The molecule has 290 valence electrons. The second-order valence-corrected chi connectivity index (χ2v) is 16.7. The van der Waals surface area contributed by atoms with Crippen molar-refractivity contribution < 1.29 is 9.53 Å².